The van der Waals surface area contributed by atoms with Crippen LogP contribution in [0.3, 0.4) is 0 Å². The van der Waals surface area contributed by atoms with Gasteiger partial charge in [0.2, 0.25) is 0 Å². The van der Waals surface area contributed by atoms with Crippen molar-refractivity contribution in [2.24, 2.45) is 17.8 Å². The van der Waals surface area contributed by atoms with Crippen LogP contribution in [0.2, 0.25) is 0 Å². The minimum absolute atomic E-state index is 0.192. The number of Topliss-reactive ketones (excluding diaryl/α,β-unsaturated/α-hetero) is 1. The van der Waals surface area contributed by atoms with Gasteiger partial charge in [-0.3, -0.25) is 9.69 Å². The summed E-state index contributed by atoms with van der Waals surface area (Å²) in [7, 11) is 0. The molecule has 2 saturated carbocycles. The van der Waals surface area contributed by atoms with E-state index in [2.05, 4.69) is 17.9 Å². The molecule has 6 rings (SSSR count). The summed E-state index contributed by atoms with van der Waals surface area (Å²) in [5, 5.41) is 10.4. The Labute approximate surface area is 154 Å². The zero-order valence-electron chi connectivity index (χ0n) is 15.4. The summed E-state index contributed by atoms with van der Waals surface area (Å²) in [6, 6.07) is 4.38. The lowest BCUT2D eigenvalue weighted by Crippen LogP contribution is -2.68. The van der Waals surface area contributed by atoms with Gasteiger partial charge in [-0.1, -0.05) is 19.4 Å². The smallest absolute Gasteiger partial charge is 0.174 e. The molecular weight excluding hydrogens is 326 g/mol. The average molecular weight is 353 g/mol. The largest absolute Gasteiger partial charge is 0.504 e. The molecule has 5 aliphatic rings. The van der Waals surface area contributed by atoms with Gasteiger partial charge in [-0.05, 0) is 61.6 Å². The molecule has 4 nitrogen and oxygen atoms in total. The van der Waals surface area contributed by atoms with Crippen molar-refractivity contribution in [3.8, 4) is 11.5 Å². The van der Waals surface area contributed by atoms with Crippen LogP contribution in [0.25, 0.3) is 0 Å². The van der Waals surface area contributed by atoms with Crippen LogP contribution in [0.15, 0.2) is 12.1 Å². The SMILES string of the molecule is CCC1CC(=O)C2Oc3c(O)ccc4c3[C@@]23CCN(CC2CC2)[C@H](C4)[C@H]13. The number of carbonyl (C=O) groups excluding carboxylic acids is 1. The molecule has 2 heterocycles. The first kappa shape index (κ1) is 15.5. The Kier molecular flexibility index (Phi) is 3.00. The topological polar surface area (TPSA) is 49.8 Å². The normalized spacial score (nSPS) is 40.3. The van der Waals surface area contributed by atoms with E-state index in [0.29, 0.717) is 30.0 Å². The van der Waals surface area contributed by atoms with E-state index < -0.39 is 0 Å². The predicted molar refractivity (Wildman–Crippen MR) is 97.5 cm³/mol. The third-order valence-electron chi connectivity index (χ3n) is 8.09. The molecule has 2 aliphatic heterocycles. The first-order valence-corrected chi connectivity index (χ1v) is 10.4. The van der Waals surface area contributed by atoms with Gasteiger partial charge in [0.05, 0.1) is 0 Å². The fraction of sp³-hybridized carbons (Fsp3) is 0.682. The molecule has 0 radical (unpaired) electrons. The van der Waals surface area contributed by atoms with Gasteiger partial charge in [0.1, 0.15) is 0 Å². The van der Waals surface area contributed by atoms with Crippen molar-refractivity contribution in [2.75, 3.05) is 13.1 Å². The van der Waals surface area contributed by atoms with Crippen molar-refractivity contribution in [3.05, 3.63) is 23.3 Å². The third-order valence-corrected chi connectivity index (χ3v) is 8.09. The molecule has 3 fully saturated rings. The maximum absolute atomic E-state index is 13.0. The van der Waals surface area contributed by atoms with Gasteiger partial charge >= 0.3 is 0 Å². The van der Waals surface area contributed by atoms with Crippen molar-refractivity contribution in [1.29, 1.82) is 0 Å². The lowest BCUT2D eigenvalue weighted by molar-refractivity contribution is -0.145. The molecular formula is C22H27NO3. The maximum Gasteiger partial charge on any atom is 0.174 e. The molecule has 2 unspecified atom stereocenters. The van der Waals surface area contributed by atoms with E-state index in [1.165, 1.54) is 30.5 Å². The van der Waals surface area contributed by atoms with Gasteiger partial charge in [-0.2, -0.15) is 0 Å². The lowest BCUT2D eigenvalue weighted by atomic mass is 9.48. The Balaban J connectivity index is 1.55. The van der Waals surface area contributed by atoms with Gasteiger partial charge in [-0.15, -0.1) is 0 Å². The molecule has 5 atom stereocenters. The van der Waals surface area contributed by atoms with E-state index >= 15 is 0 Å². The average Bonchev–Trinajstić information content (AvgIpc) is 3.38. The highest BCUT2D eigenvalue weighted by Gasteiger charge is 2.68. The van der Waals surface area contributed by atoms with Gasteiger partial charge in [0.25, 0.3) is 0 Å². The minimum atomic E-state index is -0.372. The van der Waals surface area contributed by atoms with Gasteiger partial charge in [0, 0.05) is 30.0 Å². The molecule has 0 aromatic heterocycles. The number of likely N-dealkylation sites (tertiary alicyclic amines) is 1. The second-order valence-corrected chi connectivity index (χ2v) is 9.31. The van der Waals surface area contributed by atoms with Crippen molar-refractivity contribution >= 4 is 5.78 Å². The molecule has 3 aliphatic carbocycles. The number of nitrogens with zero attached hydrogens (tertiary/aromatic N) is 1. The third kappa shape index (κ3) is 1.77. The molecule has 2 bridgehead atoms. The molecule has 4 heteroatoms. The highest BCUT2D eigenvalue weighted by Crippen LogP contribution is 2.64. The van der Waals surface area contributed by atoms with Crippen LogP contribution in [0, 0.1) is 17.8 Å². The van der Waals surface area contributed by atoms with Gasteiger partial charge in [-0.25, -0.2) is 0 Å². The fourth-order valence-corrected chi connectivity index (χ4v) is 6.91. The highest BCUT2D eigenvalue weighted by atomic mass is 16.5. The van der Waals surface area contributed by atoms with Crippen LogP contribution >= 0.6 is 0 Å². The number of carbonyl (C=O) groups is 1. The molecule has 0 amide bonds. The lowest BCUT2D eigenvalue weighted by Gasteiger charge is -2.60. The highest BCUT2D eigenvalue weighted by molar-refractivity contribution is 5.89. The second kappa shape index (κ2) is 5.03. The summed E-state index contributed by atoms with van der Waals surface area (Å²) >= 11 is 0. The monoisotopic (exact) mass is 353 g/mol. The Morgan fingerprint density at radius 1 is 1.31 bits per heavy atom. The summed E-state index contributed by atoms with van der Waals surface area (Å²) in [5.41, 5.74) is 2.32. The summed E-state index contributed by atoms with van der Waals surface area (Å²) in [5.74, 6) is 2.91. The Hall–Kier alpha value is -1.55. The van der Waals surface area contributed by atoms with Gasteiger partial charge in [0.15, 0.2) is 23.4 Å². The number of phenolic OH excluding ortho intramolecular Hbond substituents is 1. The number of ether oxygens (including phenoxy) is 1. The first-order valence-electron chi connectivity index (χ1n) is 10.4. The number of phenols is 1. The zero-order chi connectivity index (χ0) is 17.6. The summed E-state index contributed by atoms with van der Waals surface area (Å²) in [6.45, 7) is 4.54. The van der Waals surface area contributed by atoms with E-state index in [1.807, 2.05) is 0 Å². The predicted octanol–water partition coefficient (Wildman–Crippen LogP) is 3.05. The summed E-state index contributed by atoms with van der Waals surface area (Å²) in [6.07, 6.45) is 6.14. The Morgan fingerprint density at radius 3 is 2.92 bits per heavy atom. The summed E-state index contributed by atoms with van der Waals surface area (Å²) in [4.78, 5) is 15.8. The van der Waals surface area contributed by atoms with E-state index in [4.69, 9.17) is 4.74 Å². The zero-order valence-corrected chi connectivity index (χ0v) is 15.4. The quantitative estimate of drug-likeness (QED) is 0.907. The van der Waals surface area contributed by atoms with Crippen LogP contribution in [0.4, 0.5) is 0 Å². The number of piperidine rings is 1. The maximum atomic E-state index is 13.0. The van der Waals surface area contributed by atoms with Crippen LogP contribution < -0.4 is 4.74 Å². The van der Waals surface area contributed by atoms with Crippen LogP contribution in [0.1, 0.15) is 50.2 Å². The molecule has 1 aromatic carbocycles. The van der Waals surface area contributed by atoms with E-state index in [9.17, 15) is 9.90 Å². The van der Waals surface area contributed by atoms with Crippen molar-refractivity contribution in [2.45, 2.75) is 63.0 Å². The fourth-order valence-electron chi connectivity index (χ4n) is 6.91. The van der Waals surface area contributed by atoms with Gasteiger partial charge < -0.3 is 9.84 Å². The molecule has 1 N–H and O–H groups in total. The Morgan fingerprint density at radius 2 is 2.15 bits per heavy atom. The molecule has 1 aromatic rings. The van der Waals surface area contributed by atoms with Crippen molar-refractivity contribution in [1.82, 2.24) is 4.90 Å². The number of hydrogen-bond donors (Lipinski definition) is 1. The standard InChI is InChI=1S/C22H27NO3/c1-2-13-10-17(25)21-22-7-8-23(11-12-3-4-12)15(18(13)22)9-14-5-6-16(24)20(26-21)19(14)22/h5-6,12-13,15,18,21,24H,2-4,7-11H2,1H3/t13?,15-,18+,21?,22+/m1/s1. The molecule has 1 spiro atoms. The molecule has 26 heavy (non-hydrogen) atoms. The Bertz CT molecular complexity index is 801. The minimum Gasteiger partial charge on any atom is -0.504 e. The molecule has 138 valence electrons. The van der Waals surface area contributed by atoms with Crippen LogP contribution in [0.5, 0.6) is 11.5 Å². The van der Waals surface area contributed by atoms with Crippen molar-refractivity contribution < 1.29 is 14.6 Å². The number of benzene rings is 1. The number of rotatable bonds is 3. The number of hydrogen-bond acceptors (Lipinski definition) is 4. The van der Waals surface area contributed by atoms with Crippen molar-refractivity contribution in [3.63, 3.8) is 0 Å². The van der Waals surface area contributed by atoms with Crippen LogP contribution in [-0.4, -0.2) is 41.0 Å². The number of ketones is 1. The second-order valence-electron chi connectivity index (χ2n) is 9.31. The first-order chi connectivity index (χ1) is 12.6. The summed E-state index contributed by atoms with van der Waals surface area (Å²) < 4.78 is 6.23. The van der Waals surface area contributed by atoms with Crippen LogP contribution in [-0.2, 0) is 16.6 Å². The van der Waals surface area contributed by atoms with E-state index in [1.54, 1.807) is 6.07 Å². The van der Waals surface area contributed by atoms with E-state index in [0.717, 1.165) is 31.7 Å². The van der Waals surface area contributed by atoms with E-state index in [-0.39, 0.29) is 23.1 Å². The number of aromatic hydroxyl groups is 1. The molecule has 1 saturated heterocycles.